The number of nitrogens with one attached hydrogen (secondary N) is 1. The minimum absolute atomic E-state index is 0.0670. The Morgan fingerprint density at radius 2 is 2.20 bits per heavy atom. The minimum Gasteiger partial charge on any atom is -0.272 e. The lowest BCUT2D eigenvalue weighted by Gasteiger charge is -2.18. The van der Waals surface area contributed by atoms with Gasteiger partial charge in [-0.3, -0.25) is 16.0 Å². The summed E-state index contributed by atoms with van der Waals surface area (Å²) in [5.41, 5.74) is 5.97. The fourth-order valence-electron chi connectivity index (χ4n) is 2.19. The highest BCUT2D eigenvalue weighted by molar-refractivity contribution is 14.1. The summed E-state index contributed by atoms with van der Waals surface area (Å²) in [6, 6.07) is 6.77. The highest BCUT2D eigenvalue weighted by Gasteiger charge is 2.16. The molecule has 1 aromatic carbocycles. The Morgan fingerprint density at radius 1 is 1.45 bits per heavy atom. The van der Waals surface area contributed by atoms with Crippen molar-refractivity contribution in [1.82, 2.24) is 15.2 Å². The van der Waals surface area contributed by atoms with Gasteiger partial charge in [-0.2, -0.15) is 5.10 Å². The smallest absolute Gasteiger partial charge is 0.124 e. The standard InChI is InChI=1S/C14H18FIN4/c1-3-10-7-11(20(2)19-10)8-14(18-17)12-5-4-9(15)6-13(12)16/h4-7,14,18H,3,8,17H2,1-2H3. The highest BCUT2D eigenvalue weighted by atomic mass is 127. The van der Waals surface area contributed by atoms with Gasteiger partial charge >= 0.3 is 0 Å². The summed E-state index contributed by atoms with van der Waals surface area (Å²) in [4.78, 5) is 0. The quantitative estimate of drug-likeness (QED) is 0.470. The van der Waals surface area contributed by atoms with Crippen LogP contribution in [0.4, 0.5) is 4.39 Å². The van der Waals surface area contributed by atoms with Gasteiger partial charge in [0.15, 0.2) is 0 Å². The van der Waals surface area contributed by atoms with E-state index in [9.17, 15) is 4.39 Å². The number of aromatic nitrogens is 2. The molecule has 0 aliphatic rings. The van der Waals surface area contributed by atoms with Crippen LogP contribution in [0.25, 0.3) is 0 Å². The van der Waals surface area contributed by atoms with E-state index in [0.29, 0.717) is 6.42 Å². The Kier molecular flexibility index (Phi) is 5.11. The van der Waals surface area contributed by atoms with E-state index in [0.717, 1.165) is 26.9 Å². The van der Waals surface area contributed by atoms with Gasteiger partial charge in [0.25, 0.3) is 0 Å². The van der Waals surface area contributed by atoms with Gasteiger partial charge < -0.3 is 0 Å². The molecule has 0 fully saturated rings. The molecule has 3 N–H and O–H groups in total. The van der Waals surface area contributed by atoms with Crippen molar-refractivity contribution >= 4 is 22.6 Å². The van der Waals surface area contributed by atoms with Gasteiger partial charge in [0.05, 0.1) is 11.7 Å². The van der Waals surface area contributed by atoms with Crippen LogP contribution in [-0.2, 0) is 19.9 Å². The van der Waals surface area contributed by atoms with Crippen LogP contribution in [-0.4, -0.2) is 9.78 Å². The highest BCUT2D eigenvalue weighted by Crippen LogP contribution is 2.24. The maximum Gasteiger partial charge on any atom is 0.124 e. The van der Waals surface area contributed by atoms with Crippen LogP contribution in [0.3, 0.4) is 0 Å². The molecule has 1 unspecified atom stereocenters. The zero-order valence-electron chi connectivity index (χ0n) is 11.5. The molecule has 0 saturated carbocycles. The van der Waals surface area contributed by atoms with E-state index >= 15 is 0 Å². The molecule has 1 heterocycles. The van der Waals surface area contributed by atoms with E-state index in [-0.39, 0.29) is 11.9 Å². The molecule has 2 aromatic rings. The lowest BCUT2D eigenvalue weighted by molar-refractivity contribution is 0.526. The summed E-state index contributed by atoms with van der Waals surface area (Å²) in [6.07, 6.45) is 1.62. The zero-order chi connectivity index (χ0) is 14.7. The zero-order valence-corrected chi connectivity index (χ0v) is 13.7. The first kappa shape index (κ1) is 15.4. The number of rotatable bonds is 5. The van der Waals surface area contributed by atoms with Crippen molar-refractivity contribution in [3.8, 4) is 0 Å². The van der Waals surface area contributed by atoms with E-state index in [2.05, 4.69) is 46.1 Å². The van der Waals surface area contributed by atoms with Crippen LogP contribution < -0.4 is 11.3 Å². The summed E-state index contributed by atoms with van der Waals surface area (Å²) in [5.74, 6) is 5.44. The average molecular weight is 388 g/mol. The second kappa shape index (κ2) is 6.64. The molecular weight excluding hydrogens is 370 g/mol. The summed E-state index contributed by atoms with van der Waals surface area (Å²) < 4.78 is 15.9. The van der Waals surface area contributed by atoms with Gasteiger partial charge in [-0.15, -0.1) is 0 Å². The number of hydrazine groups is 1. The molecule has 20 heavy (non-hydrogen) atoms. The molecule has 0 amide bonds. The number of hydrogen-bond donors (Lipinski definition) is 2. The number of benzene rings is 1. The van der Waals surface area contributed by atoms with Gasteiger partial charge in [0.2, 0.25) is 0 Å². The van der Waals surface area contributed by atoms with Gasteiger partial charge in [-0.05, 0) is 52.8 Å². The van der Waals surface area contributed by atoms with Gasteiger partial charge in [0.1, 0.15) is 5.82 Å². The van der Waals surface area contributed by atoms with Crippen LogP contribution in [0.1, 0.15) is 29.9 Å². The third kappa shape index (κ3) is 3.36. The molecule has 6 heteroatoms. The summed E-state index contributed by atoms with van der Waals surface area (Å²) in [6.45, 7) is 2.08. The van der Waals surface area contributed by atoms with Crippen molar-refractivity contribution in [2.24, 2.45) is 12.9 Å². The number of hydrogen-bond acceptors (Lipinski definition) is 3. The summed E-state index contributed by atoms with van der Waals surface area (Å²) >= 11 is 2.13. The second-order valence-corrected chi connectivity index (χ2v) is 5.86. The Balaban J connectivity index is 2.26. The van der Waals surface area contributed by atoms with Crippen LogP contribution in [0.15, 0.2) is 24.3 Å². The van der Waals surface area contributed by atoms with E-state index in [1.54, 1.807) is 6.07 Å². The first-order valence-electron chi connectivity index (χ1n) is 6.48. The molecule has 1 atom stereocenters. The van der Waals surface area contributed by atoms with Crippen molar-refractivity contribution in [1.29, 1.82) is 0 Å². The molecule has 108 valence electrons. The van der Waals surface area contributed by atoms with Gasteiger partial charge in [-0.1, -0.05) is 13.0 Å². The number of halogens is 2. The van der Waals surface area contributed by atoms with Crippen molar-refractivity contribution in [2.75, 3.05) is 0 Å². The molecule has 0 spiro atoms. The van der Waals surface area contributed by atoms with Gasteiger partial charge in [-0.25, -0.2) is 4.39 Å². The van der Waals surface area contributed by atoms with Crippen LogP contribution in [0, 0.1) is 9.39 Å². The van der Waals surface area contributed by atoms with E-state index in [1.807, 2.05) is 11.7 Å². The molecule has 0 aliphatic heterocycles. The fraction of sp³-hybridized carbons (Fsp3) is 0.357. The first-order valence-corrected chi connectivity index (χ1v) is 7.56. The normalized spacial score (nSPS) is 12.7. The predicted molar refractivity (Wildman–Crippen MR) is 85.5 cm³/mol. The average Bonchev–Trinajstić information content (AvgIpc) is 2.77. The third-order valence-corrected chi connectivity index (χ3v) is 4.28. The SMILES string of the molecule is CCc1cc(CC(NN)c2ccc(F)cc2I)n(C)n1. The molecule has 4 nitrogen and oxygen atoms in total. The van der Waals surface area contributed by atoms with Crippen molar-refractivity contribution in [2.45, 2.75) is 25.8 Å². The lowest BCUT2D eigenvalue weighted by atomic mass is 10.0. The predicted octanol–water partition coefficient (Wildman–Crippen LogP) is 2.47. The van der Waals surface area contributed by atoms with E-state index in [4.69, 9.17) is 5.84 Å². The molecule has 2 rings (SSSR count). The third-order valence-electron chi connectivity index (χ3n) is 3.34. The molecule has 0 bridgehead atoms. The number of aryl methyl sites for hydroxylation is 2. The van der Waals surface area contributed by atoms with E-state index < -0.39 is 0 Å². The Morgan fingerprint density at radius 3 is 2.75 bits per heavy atom. The monoisotopic (exact) mass is 388 g/mol. The number of nitrogens with two attached hydrogens (primary N) is 1. The second-order valence-electron chi connectivity index (χ2n) is 4.69. The Bertz CT molecular complexity index is 597. The molecule has 0 aliphatic carbocycles. The van der Waals surface area contributed by atoms with Crippen LogP contribution >= 0.6 is 22.6 Å². The number of nitrogens with zero attached hydrogens (tertiary/aromatic N) is 2. The molecular formula is C14H18FIN4. The summed E-state index contributed by atoms with van der Waals surface area (Å²) in [7, 11) is 1.93. The van der Waals surface area contributed by atoms with Crippen molar-refractivity contribution < 1.29 is 4.39 Å². The molecule has 1 aromatic heterocycles. The van der Waals surface area contributed by atoms with Crippen molar-refractivity contribution in [3.63, 3.8) is 0 Å². The largest absolute Gasteiger partial charge is 0.272 e. The Labute approximate surface area is 131 Å². The Hall–Kier alpha value is -0.990. The fourth-order valence-corrected chi connectivity index (χ4v) is 3.04. The topological polar surface area (TPSA) is 55.9 Å². The lowest BCUT2D eigenvalue weighted by Crippen LogP contribution is -2.30. The first-order chi connectivity index (χ1) is 9.55. The van der Waals surface area contributed by atoms with Crippen molar-refractivity contribution in [3.05, 3.63) is 50.6 Å². The van der Waals surface area contributed by atoms with Crippen LogP contribution in [0.2, 0.25) is 0 Å². The van der Waals surface area contributed by atoms with Gasteiger partial charge in [0, 0.05) is 22.7 Å². The summed E-state index contributed by atoms with van der Waals surface area (Å²) in [5, 5.41) is 4.43. The minimum atomic E-state index is -0.234. The molecule has 0 saturated heterocycles. The molecule has 0 radical (unpaired) electrons. The maximum atomic E-state index is 13.2. The van der Waals surface area contributed by atoms with Crippen LogP contribution in [0.5, 0.6) is 0 Å². The van der Waals surface area contributed by atoms with E-state index in [1.165, 1.54) is 12.1 Å². The maximum absolute atomic E-state index is 13.2.